The van der Waals surface area contributed by atoms with Crippen LogP contribution in [-0.4, -0.2) is 96.0 Å². The van der Waals surface area contributed by atoms with Crippen LogP contribution in [0.15, 0.2) is 24.3 Å². The van der Waals surface area contributed by atoms with Gasteiger partial charge in [-0.2, -0.15) is 0 Å². The molecule has 5 heterocycles. The molecule has 5 aliphatic heterocycles. The molecule has 10 rings (SSSR count). The Kier molecular flexibility index (Phi) is 7.16. The van der Waals surface area contributed by atoms with Crippen LogP contribution in [0.4, 0.5) is 0 Å². The molecular weight excluding hydrogens is 632 g/mol. The summed E-state index contributed by atoms with van der Waals surface area (Å²) in [6.45, 7) is 19.0. The van der Waals surface area contributed by atoms with E-state index in [0.717, 1.165) is 70.5 Å². The van der Waals surface area contributed by atoms with Gasteiger partial charge in [-0.1, -0.05) is 24.3 Å². The maximum Gasteiger partial charge on any atom is 0.310 e. The van der Waals surface area contributed by atoms with Gasteiger partial charge >= 0.3 is 11.9 Å². The molecule has 0 aromatic rings. The largest absolute Gasteiger partial charge is 0.461 e. The van der Waals surface area contributed by atoms with Gasteiger partial charge in [0.1, 0.15) is 29.2 Å². The van der Waals surface area contributed by atoms with Crippen LogP contribution >= 0.6 is 0 Å². The fourth-order valence-electron chi connectivity index (χ4n) is 14.5. The minimum Gasteiger partial charge on any atom is -0.461 e. The summed E-state index contributed by atoms with van der Waals surface area (Å²) in [7, 11) is 0. The van der Waals surface area contributed by atoms with E-state index >= 15 is 4.79 Å². The maximum atomic E-state index is 15.2. The van der Waals surface area contributed by atoms with E-state index in [1.54, 1.807) is 0 Å². The molecule has 5 aliphatic carbocycles. The van der Waals surface area contributed by atoms with E-state index in [1.807, 2.05) is 13.8 Å². The molecule has 10 aliphatic rings. The van der Waals surface area contributed by atoms with Gasteiger partial charge in [0.05, 0.1) is 17.3 Å². The van der Waals surface area contributed by atoms with Crippen molar-refractivity contribution in [1.29, 1.82) is 0 Å². The van der Waals surface area contributed by atoms with Gasteiger partial charge < -0.3 is 28.7 Å². The van der Waals surface area contributed by atoms with Crippen molar-refractivity contribution >= 4 is 17.7 Å². The summed E-state index contributed by atoms with van der Waals surface area (Å²) in [4.78, 5) is 47.8. The highest BCUT2D eigenvalue weighted by atomic mass is 16.8. The smallest absolute Gasteiger partial charge is 0.310 e. The van der Waals surface area contributed by atoms with Crippen molar-refractivity contribution in [2.45, 2.75) is 120 Å². The first-order valence-corrected chi connectivity index (χ1v) is 20.1. The van der Waals surface area contributed by atoms with Crippen LogP contribution < -0.4 is 0 Å². The number of hydrogen-bond donors (Lipinski definition) is 0. The van der Waals surface area contributed by atoms with Crippen LogP contribution in [0.2, 0.25) is 0 Å². The van der Waals surface area contributed by atoms with Crippen LogP contribution in [0.1, 0.15) is 90.9 Å². The first-order chi connectivity index (χ1) is 24.0. The number of ether oxygens (including phenoxy) is 4. The Labute approximate surface area is 296 Å². The molecule has 272 valence electrons. The Balaban J connectivity index is 1.07. The number of carbonyl (C=O) groups excluding carboxylic acids is 3. The van der Waals surface area contributed by atoms with Gasteiger partial charge in [0, 0.05) is 43.2 Å². The predicted octanol–water partition coefficient (Wildman–Crippen LogP) is 5.08. The Morgan fingerprint density at radius 1 is 0.720 bits per heavy atom. The molecule has 0 aromatic carbocycles. The SMILES string of the molecule is C=C1CC[C@H]2C(CN3CCCC3)C(=O)O[C@@H]2C2C1CC(=O)[C@]21CC[C@@]23OC(C)(C)O[C@]21C[C@H]1C(=C)CC[C@H]2C(CN4CCCC4)C(=O)O[C@@H]2[C@H]13. The van der Waals surface area contributed by atoms with Crippen molar-refractivity contribution in [3.63, 3.8) is 0 Å². The van der Waals surface area contributed by atoms with E-state index in [1.165, 1.54) is 31.3 Å². The molecule has 9 heteroatoms. The molecule has 4 unspecified atom stereocenters. The fourth-order valence-corrected chi connectivity index (χ4v) is 14.5. The summed E-state index contributed by atoms with van der Waals surface area (Å²) in [5, 5.41) is 0. The van der Waals surface area contributed by atoms with Gasteiger partial charge in [-0.15, -0.1) is 0 Å². The highest BCUT2D eigenvalue weighted by Gasteiger charge is 2.88. The zero-order valence-electron chi connectivity index (χ0n) is 30.2. The number of nitrogens with zero attached hydrogens (tertiary/aromatic N) is 2. The van der Waals surface area contributed by atoms with Crippen LogP contribution in [0.5, 0.6) is 0 Å². The predicted molar refractivity (Wildman–Crippen MR) is 183 cm³/mol. The van der Waals surface area contributed by atoms with Gasteiger partial charge in [0.2, 0.25) is 0 Å². The summed E-state index contributed by atoms with van der Waals surface area (Å²) < 4.78 is 27.9. The monoisotopic (exact) mass is 688 g/mol. The molecule has 1 spiro atoms. The van der Waals surface area contributed by atoms with Crippen LogP contribution in [0.25, 0.3) is 0 Å². The molecule has 50 heavy (non-hydrogen) atoms. The molecule has 5 saturated carbocycles. The molecule has 0 radical (unpaired) electrons. The van der Waals surface area contributed by atoms with Gasteiger partial charge in [0.15, 0.2) is 5.79 Å². The third-order valence-electron chi connectivity index (χ3n) is 16.2. The fraction of sp³-hybridized carbons (Fsp3) is 0.829. The van der Waals surface area contributed by atoms with Gasteiger partial charge in [0.25, 0.3) is 0 Å². The van der Waals surface area contributed by atoms with Crippen molar-refractivity contribution in [2.75, 3.05) is 39.3 Å². The quantitative estimate of drug-likeness (QED) is 0.296. The minimum absolute atomic E-state index is 0.0160. The first kappa shape index (κ1) is 32.6. The summed E-state index contributed by atoms with van der Waals surface area (Å²) in [6, 6.07) is 0. The first-order valence-electron chi connectivity index (χ1n) is 20.1. The second-order valence-corrected chi connectivity index (χ2v) is 18.6. The summed E-state index contributed by atoms with van der Waals surface area (Å²) in [5.41, 5.74) is -0.327. The molecule has 0 amide bonds. The molecule has 13 atom stereocenters. The van der Waals surface area contributed by atoms with Crippen LogP contribution in [0, 0.1) is 52.8 Å². The number of rotatable bonds is 4. The zero-order valence-corrected chi connectivity index (χ0v) is 30.2. The van der Waals surface area contributed by atoms with Gasteiger partial charge in [-0.3, -0.25) is 14.4 Å². The summed E-state index contributed by atoms with van der Waals surface area (Å²) in [6.07, 6.45) is 9.83. The van der Waals surface area contributed by atoms with Crippen LogP contribution in [-0.2, 0) is 33.3 Å². The number of esters is 2. The second-order valence-electron chi connectivity index (χ2n) is 18.6. The average Bonchev–Trinajstić information content (AvgIpc) is 3.92. The third kappa shape index (κ3) is 4.12. The van der Waals surface area contributed by atoms with Crippen molar-refractivity contribution in [3.8, 4) is 0 Å². The molecular formula is C41H56N2O7. The average molecular weight is 689 g/mol. The molecule has 0 bridgehead atoms. The maximum absolute atomic E-state index is 15.2. The number of ketones is 1. The lowest BCUT2D eigenvalue weighted by Gasteiger charge is -2.48. The van der Waals surface area contributed by atoms with E-state index in [0.29, 0.717) is 25.7 Å². The Bertz CT molecular complexity index is 1530. The molecule has 5 saturated heterocycles. The topological polar surface area (TPSA) is 94.6 Å². The van der Waals surface area contributed by atoms with E-state index in [4.69, 9.17) is 25.5 Å². The van der Waals surface area contributed by atoms with E-state index in [9.17, 15) is 9.59 Å². The Morgan fingerprint density at radius 3 is 1.84 bits per heavy atom. The molecule has 9 nitrogen and oxygen atoms in total. The van der Waals surface area contributed by atoms with Gasteiger partial charge in [-0.05, 0) is 122 Å². The Morgan fingerprint density at radius 2 is 1.26 bits per heavy atom. The molecule has 0 N–H and O–H groups in total. The van der Waals surface area contributed by atoms with Crippen molar-refractivity contribution in [1.82, 2.24) is 9.80 Å². The van der Waals surface area contributed by atoms with Crippen molar-refractivity contribution in [2.24, 2.45) is 52.8 Å². The van der Waals surface area contributed by atoms with E-state index in [2.05, 4.69) is 16.4 Å². The highest BCUT2D eigenvalue weighted by molar-refractivity contribution is 5.91. The third-order valence-corrected chi connectivity index (χ3v) is 16.2. The minimum atomic E-state index is -0.936. The number of hydrogen-bond acceptors (Lipinski definition) is 9. The lowest BCUT2D eigenvalue weighted by Crippen LogP contribution is -2.62. The van der Waals surface area contributed by atoms with Gasteiger partial charge in [-0.25, -0.2) is 0 Å². The number of Topliss-reactive ketones (excluding diaryl/α,β-unsaturated/α-hetero) is 1. The van der Waals surface area contributed by atoms with Crippen LogP contribution in [0.3, 0.4) is 0 Å². The van der Waals surface area contributed by atoms with Crippen molar-refractivity contribution in [3.05, 3.63) is 24.3 Å². The van der Waals surface area contributed by atoms with Crippen molar-refractivity contribution < 1.29 is 33.3 Å². The number of likely N-dealkylation sites (tertiary alicyclic amines) is 2. The standard InChI is InChI=1S/C41H56N2O7/c1-23-9-11-25-29(21-42-15-5-6-16-42)36(45)47-34(25)32-27(23)19-31(44)39(32)13-14-40-33-28(20-41(39,40)50-38(3,4)49-40)24(2)10-12-26-30(37(46)48-35(26)33)22-43-17-7-8-18-43/h25-30,32-35H,1-2,5-22H2,3-4H3/t25-,26-,27?,28-,29?,30?,32?,33-,34-,35-,39+,40-,41-/m0/s1. The zero-order chi connectivity index (χ0) is 34.4. The molecule has 10 fully saturated rings. The number of allylic oxidation sites excluding steroid dienone is 2. The lowest BCUT2D eigenvalue weighted by atomic mass is 9.59. The Hall–Kier alpha value is -2.07. The molecule has 0 aromatic heterocycles. The van der Waals surface area contributed by atoms with E-state index in [-0.39, 0.29) is 77.3 Å². The normalized spacial score (nSPS) is 50.9. The highest BCUT2D eigenvalue weighted by Crippen LogP contribution is 2.79. The van der Waals surface area contributed by atoms with E-state index < -0.39 is 22.4 Å². The summed E-state index contributed by atoms with van der Waals surface area (Å²) in [5.74, 6) is -1.45. The summed E-state index contributed by atoms with van der Waals surface area (Å²) >= 11 is 0. The lowest BCUT2D eigenvalue weighted by molar-refractivity contribution is -0.218. The number of fused-ring (bicyclic) bond motifs is 7. The number of carbonyl (C=O) groups is 3. The second kappa shape index (κ2) is 11.0.